The van der Waals surface area contributed by atoms with Gasteiger partial charge in [0.2, 0.25) is 0 Å². The van der Waals surface area contributed by atoms with Crippen molar-refractivity contribution in [2.75, 3.05) is 0 Å². The number of carboxylic acid groups (broad SMARTS) is 1. The monoisotopic (exact) mass is 174 g/mol. The van der Waals surface area contributed by atoms with E-state index in [2.05, 4.69) is 5.92 Å². The van der Waals surface area contributed by atoms with Gasteiger partial charge in [-0.1, -0.05) is 30.3 Å². The van der Waals surface area contributed by atoms with Crippen molar-refractivity contribution in [3.05, 3.63) is 35.9 Å². The molecule has 1 unspecified atom stereocenters. The summed E-state index contributed by atoms with van der Waals surface area (Å²) in [6.07, 6.45) is 5.33. The van der Waals surface area contributed by atoms with Gasteiger partial charge in [-0.15, -0.1) is 12.3 Å². The molecular weight excluding hydrogens is 164 g/mol. The van der Waals surface area contributed by atoms with Crippen LogP contribution in [0.2, 0.25) is 0 Å². The van der Waals surface area contributed by atoms with Gasteiger partial charge in [-0.2, -0.15) is 0 Å². The van der Waals surface area contributed by atoms with Crippen LogP contribution in [0, 0.1) is 12.3 Å². The highest BCUT2D eigenvalue weighted by atomic mass is 16.4. The summed E-state index contributed by atoms with van der Waals surface area (Å²) in [5.74, 6) is 0.918. The maximum Gasteiger partial charge on any atom is 0.311 e. The van der Waals surface area contributed by atoms with Gasteiger partial charge >= 0.3 is 5.97 Å². The summed E-state index contributed by atoms with van der Waals surface area (Å²) in [4.78, 5) is 10.8. The molecule has 1 aromatic carbocycles. The van der Waals surface area contributed by atoms with Gasteiger partial charge in [0, 0.05) is 6.42 Å². The Bertz CT molecular complexity index is 322. The van der Waals surface area contributed by atoms with Gasteiger partial charge < -0.3 is 5.11 Å². The van der Waals surface area contributed by atoms with Gasteiger partial charge in [0.25, 0.3) is 0 Å². The van der Waals surface area contributed by atoms with E-state index < -0.39 is 11.9 Å². The van der Waals surface area contributed by atoms with E-state index in [1.165, 1.54) is 0 Å². The molecule has 1 rings (SSSR count). The molecule has 66 valence electrons. The maximum atomic E-state index is 10.8. The predicted molar refractivity (Wildman–Crippen MR) is 50.3 cm³/mol. The van der Waals surface area contributed by atoms with Crippen LogP contribution in [0.3, 0.4) is 0 Å². The third kappa shape index (κ3) is 2.34. The van der Waals surface area contributed by atoms with Crippen LogP contribution < -0.4 is 0 Å². The Balaban J connectivity index is 2.90. The van der Waals surface area contributed by atoms with E-state index in [9.17, 15) is 4.79 Å². The van der Waals surface area contributed by atoms with Gasteiger partial charge in [0.15, 0.2) is 0 Å². The van der Waals surface area contributed by atoms with E-state index in [-0.39, 0.29) is 6.42 Å². The molecule has 0 fully saturated rings. The van der Waals surface area contributed by atoms with Gasteiger partial charge in [-0.25, -0.2) is 0 Å². The highest BCUT2D eigenvalue weighted by Crippen LogP contribution is 2.18. The number of carbonyl (C=O) groups is 1. The summed E-state index contributed by atoms with van der Waals surface area (Å²) in [5.41, 5.74) is 0.757. The second-order valence-electron chi connectivity index (χ2n) is 2.71. The average molecular weight is 174 g/mol. The van der Waals surface area contributed by atoms with Gasteiger partial charge in [-0.05, 0) is 5.56 Å². The number of aliphatic carboxylic acids is 1. The summed E-state index contributed by atoms with van der Waals surface area (Å²) in [7, 11) is 0. The predicted octanol–water partition coefficient (Wildman–Crippen LogP) is 1.88. The Morgan fingerprint density at radius 2 is 2.08 bits per heavy atom. The summed E-state index contributed by atoms with van der Waals surface area (Å²) >= 11 is 0. The van der Waals surface area contributed by atoms with Crippen LogP contribution in [0.4, 0.5) is 0 Å². The minimum atomic E-state index is -0.871. The van der Waals surface area contributed by atoms with Gasteiger partial charge in [-0.3, -0.25) is 4.79 Å². The number of carboxylic acids is 1. The van der Waals surface area contributed by atoms with Crippen molar-refractivity contribution in [2.45, 2.75) is 12.3 Å². The van der Waals surface area contributed by atoms with Crippen molar-refractivity contribution in [3.8, 4) is 12.3 Å². The molecule has 0 spiro atoms. The lowest BCUT2D eigenvalue weighted by atomic mass is 9.96. The summed E-state index contributed by atoms with van der Waals surface area (Å²) in [6.45, 7) is 0. The fourth-order valence-electron chi connectivity index (χ4n) is 1.15. The molecular formula is C11H10O2. The second-order valence-corrected chi connectivity index (χ2v) is 2.71. The van der Waals surface area contributed by atoms with Crippen molar-refractivity contribution in [1.29, 1.82) is 0 Å². The molecule has 1 aromatic rings. The summed E-state index contributed by atoms with van der Waals surface area (Å²) in [6, 6.07) is 9.01. The lowest BCUT2D eigenvalue weighted by molar-refractivity contribution is -0.138. The van der Waals surface area contributed by atoms with E-state index in [1.54, 1.807) is 12.1 Å². The lowest BCUT2D eigenvalue weighted by Gasteiger charge is -2.08. The smallest absolute Gasteiger partial charge is 0.311 e. The van der Waals surface area contributed by atoms with Crippen molar-refractivity contribution in [2.24, 2.45) is 0 Å². The van der Waals surface area contributed by atoms with E-state index in [1.807, 2.05) is 18.2 Å². The zero-order valence-corrected chi connectivity index (χ0v) is 7.10. The van der Waals surface area contributed by atoms with E-state index in [0.717, 1.165) is 5.56 Å². The number of benzene rings is 1. The zero-order valence-electron chi connectivity index (χ0n) is 7.10. The highest BCUT2D eigenvalue weighted by Gasteiger charge is 2.17. The van der Waals surface area contributed by atoms with Crippen LogP contribution in [0.15, 0.2) is 30.3 Å². The Morgan fingerprint density at radius 3 is 2.54 bits per heavy atom. The molecule has 2 heteroatoms. The molecule has 0 aromatic heterocycles. The molecule has 1 N–H and O–H groups in total. The fraction of sp³-hybridized carbons (Fsp3) is 0.182. The molecule has 0 saturated heterocycles. The Labute approximate surface area is 77.2 Å². The van der Waals surface area contributed by atoms with Crippen LogP contribution in [0.25, 0.3) is 0 Å². The van der Waals surface area contributed by atoms with Crippen molar-refractivity contribution in [3.63, 3.8) is 0 Å². The largest absolute Gasteiger partial charge is 0.481 e. The van der Waals surface area contributed by atoms with Crippen LogP contribution in [0.1, 0.15) is 17.9 Å². The first kappa shape index (κ1) is 9.34. The molecule has 0 amide bonds. The Morgan fingerprint density at radius 1 is 1.46 bits per heavy atom. The first-order chi connectivity index (χ1) is 6.25. The van der Waals surface area contributed by atoms with Gasteiger partial charge in [0.05, 0.1) is 5.92 Å². The van der Waals surface area contributed by atoms with E-state index in [0.29, 0.717) is 0 Å². The van der Waals surface area contributed by atoms with Crippen LogP contribution in [-0.2, 0) is 4.79 Å². The molecule has 0 radical (unpaired) electrons. The minimum Gasteiger partial charge on any atom is -0.481 e. The van der Waals surface area contributed by atoms with Gasteiger partial charge in [0.1, 0.15) is 0 Å². The first-order valence-electron chi connectivity index (χ1n) is 3.97. The summed E-state index contributed by atoms with van der Waals surface area (Å²) < 4.78 is 0. The Hall–Kier alpha value is -1.75. The fourth-order valence-corrected chi connectivity index (χ4v) is 1.15. The first-order valence-corrected chi connectivity index (χ1v) is 3.97. The molecule has 0 heterocycles. The quantitative estimate of drug-likeness (QED) is 0.710. The minimum absolute atomic E-state index is 0.235. The maximum absolute atomic E-state index is 10.8. The topological polar surface area (TPSA) is 37.3 Å². The highest BCUT2D eigenvalue weighted by molar-refractivity contribution is 5.76. The molecule has 13 heavy (non-hydrogen) atoms. The standard InChI is InChI=1S/C11H10O2/c1-2-6-10(11(12)13)9-7-4-3-5-8-9/h1,3-5,7-8,10H,6H2,(H,12,13). The molecule has 0 aliphatic rings. The number of rotatable bonds is 3. The number of terminal acetylenes is 1. The van der Waals surface area contributed by atoms with E-state index >= 15 is 0 Å². The number of hydrogen-bond acceptors (Lipinski definition) is 1. The number of hydrogen-bond donors (Lipinski definition) is 1. The summed E-state index contributed by atoms with van der Waals surface area (Å²) in [5, 5.41) is 8.86. The average Bonchev–Trinajstić information content (AvgIpc) is 2.15. The third-order valence-corrected chi connectivity index (χ3v) is 1.82. The molecule has 2 nitrogen and oxygen atoms in total. The SMILES string of the molecule is C#CCC(C(=O)O)c1ccccc1. The van der Waals surface area contributed by atoms with Crippen molar-refractivity contribution in [1.82, 2.24) is 0 Å². The zero-order chi connectivity index (χ0) is 9.68. The van der Waals surface area contributed by atoms with Crippen molar-refractivity contribution < 1.29 is 9.90 Å². The molecule has 0 bridgehead atoms. The lowest BCUT2D eigenvalue weighted by Crippen LogP contribution is -2.10. The normalized spacial score (nSPS) is 11.6. The van der Waals surface area contributed by atoms with Crippen LogP contribution in [0.5, 0.6) is 0 Å². The molecule has 0 aliphatic carbocycles. The molecule has 0 saturated carbocycles. The molecule has 1 atom stereocenters. The van der Waals surface area contributed by atoms with Crippen LogP contribution >= 0.6 is 0 Å². The van der Waals surface area contributed by atoms with E-state index in [4.69, 9.17) is 11.5 Å². The second kappa shape index (κ2) is 4.32. The van der Waals surface area contributed by atoms with Crippen LogP contribution in [-0.4, -0.2) is 11.1 Å². The van der Waals surface area contributed by atoms with Crippen molar-refractivity contribution >= 4 is 5.97 Å². The Kier molecular flexibility index (Phi) is 3.10. The molecule has 0 aliphatic heterocycles. The third-order valence-electron chi connectivity index (χ3n) is 1.82.